The van der Waals surface area contributed by atoms with Gasteiger partial charge in [0.05, 0.1) is 6.61 Å². The number of ether oxygens (including phenoxy) is 1. The maximum absolute atomic E-state index is 5.83. The zero-order chi connectivity index (χ0) is 14.7. The molecule has 112 valence electrons. The molecule has 0 radical (unpaired) electrons. The Kier molecular flexibility index (Phi) is 4.61. The molecule has 3 heteroatoms. The summed E-state index contributed by atoms with van der Waals surface area (Å²) in [6.07, 6.45) is 2.23. The molecule has 1 aliphatic heterocycles. The van der Waals surface area contributed by atoms with Gasteiger partial charge < -0.3 is 10.1 Å². The molecule has 0 aliphatic carbocycles. The second-order valence-corrected chi connectivity index (χ2v) is 6.77. The van der Waals surface area contributed by atoms with Crippen LogP contribution in [0.5, 0.6) is 5.75 Å². The summed E-state index contributed by atoms with van der Waals surface area (Å²) in [5.41, 5.74) is 2.80. The van der Waals surface area contributed by atoms with Gasteiger partial charge in [-0.1, -0.05) is 25.1 Å². The minimum Gasteiger partial charge on any atom is -0.493 e. The van der Waals surface area contributed by atoms with Gasteiger partial charge in [0.1, 0.15) is 5.75 Å². The van der Waals surface area contributed by atoms with E-state index in [2.05, 4.69) is 54.9 Å². The fraction of sp³-hybridized carbons (Fsp3) is 0.444. The second kappa shape index (κ2) is 6.63. The summed E-state index contributed by atoms with van der Waals surface area (Å²) in [6.45, 7) is 6.32. The Morgan fingerprint density at radius 2 is 2.19 bits per heavy atom. The summed E-state index contributed by atoms with van der Waals surface area (Å²) < 4.78 is 5.83. The molecule has 2 aromatic rings. The van der Waals surface area contributed by atoms with Crippen molar-refractivity contribution in [3.05, 3.63) is 51.7 Å². The first-order chi connectivity index (χ1) is 10.3. The Balaban J connectivity index is 1.96. The van der Waals surface area contributed by atoms with Gasteiger partial charge in [-0.15, -0.1) is 11.3 Å². The number of nitrogens with one attached hydrogen (secondary N) is 1. The maximum atomic E-state index is 5.83. The molecule has 0 amide bonds. The van der Waals surface area contributed by atoms with Crippen LogP contribution in [0.25, 0.3) is 0 Å². The van der Waals surface area contributed by atoms with Gasteiger partial charge in [-0.05, 0) is 54.9 Å². The molecule has 1 aromatic carbocycles. The van der Waals surface area contributed by atoms with Crippen LogP contribution < -0.4 is 10.1 Å². The Bertz CT molecular complexity index is 592. The van der Waals surface area contributed by atoms with Crippen LogP contribution >= 0.6 is 11.3 Å². The van der Waals surface area contributed by atoms with Crippen LogP contribution in [0.2, 0.25) is 0 Å². The Morgan fingerprint density at radius 1 is 1.33 bits per heavy atom. The molecule has 0 spiro atoms. The summed E-state index contributed by atoms with van der Waals surface area (Å²) >= 11 is 1.84. The smallest absolute Gasteiger partial charge is 0.122 e. The molecule has 21 heavy (non-hydrogen) atoms. The van der Waals surface area contributed by atoms with Crippen LogP contribution in [0.1, 0.15) is 47.7 Å². The van der Waals surface area contributed by atoms with Crippen molar-refractivity contribution in [2.45, 2.75) is 38.6 Å². The van der Waals surface area contributed by atoms with Crippen LogP contribution in [0.15, 0.2) is 35.7 Å². The molecule has 0 saturated heterocycles. The van der Waals surface area contributed by atoms with E-state index < -0.39 is 0 Å². The predicted octanol–water partition coefficient (Wildman–Crippen LogP) is 4.66. The molecule has 1 aromatic heterocycles. The van der Waals surface area contributed by atoms with Gasteiger partial charge in [-0.25, -0.2) is 0 Å². The first kappa shape index (κ1) is 14.6. The number of hydrogen-bond donors (Lipinski definition) is 1. The molecular weight excluding hydrogens is 278 g/mol. The van der Waals surface area contributed by atoms with E-state index >= 15 is 0 Å². The fourth-order valence-corrected chi connectivity index (χ4v) is 3.95. The molecule has 2 nitrogen and oxygen atoms in total. The van der Waals surface area contributed by atoms with E-state index in [1.54, 1.807) is 0 Å². The minimum absolute atomic E-state index is 0.390. The highest BCUT2D eigenvalue weighted by Crippen LogP contribution is 2.42. The van der Waals surface area contributed by atoms with E-state index in [0.29, 0.717) is 12.0 Å². The van der Waals surface area contributed by atoms with Crippen molar-refractivity contribution in [2.75, 3.05) is 13.2 Å². The Labute approximate surface area is 131 Å². The molecular formula is C18H23NOS. The summed E-state index contributed by atoms with van der Waals surface area (Å²) in [5, 5.41) is 5.98. The first-order valence-corrected chi connectivity index (χ1v) is 8.68. The molecule has 0 saturated carbocycles. The second-order valence-electron chi connectivity index (χ2n) is 5.65. The third-order valence-electron chi connectivity index (χ3n) is 4.26. The van der Waals surface area contributed by atoms with Crippen molar-refractivity contribution in [1.82, 2.24) is 5.32 Å². The average Bonchev–Trinajstić information content (AvgIpc) is 2.94. The number of rotatable bonds is 5. The Hall–Kier alpha value is -1.32. The lowest BCUT2D eigenvalue weighted by atomic mass is 9.83. The van der Waals surface area contributed by atoms with E-state index in [9.17, 15) is 0 Å². The highest BCUT2D eigenvalue weighted by atomic mass is 32.1. The van der Waals surface area contributed by atoms with E-state index in [-0.39, 0.29) is 0 Å². The zero-order valence-corrected chi connectivity index (χ0v) is 13.6. The normalized spacial score (nSPS) is 18.9. The first-order valence-electron chi connectivity index (χ1n) is 7.80. The lowest BCUT2D eigenvalue weighted by Crippen LogP contribution is -2.31. The van der Waals surface area contributed by atoms with Crippen LogP contribution in [-0.4, -0.2) is 13.2 Å². The van der Waals surface area contributed by atoms with Gasteiger partial charge in [0.25, 0.3) is 0 Å². The predicted molar refractivity (Wildman–Crippen MR) is 89.4 cm³/mol. The molecule has 2 unspecified atom stereocenters. The fourth-order valence-electron chi connectivity index (χ4n) is 3.20. The lowest BCUT2D eigenvalue weighted by molar-refractivity contribution is 0.246. The van der Waals surface area contributed by atoms with E-state index in [0.717, 1.165) is 31.7 Å². The molecule has 0 fully saturated rings. The SMILES string of the molecule is CCCNC(c1ccsc1C)C1CCOc2ccccc21. The zero-order valence-electron chi connectivity index (χ0n) is 12.8. The van der Waals surface area contributed by atoms with Crippen molar-refractivity contribution in [3.8, 4) is 5.75 Å². The third-order valence-corrected chi connectivity index (χ3v) is 5.12. The van der Waals surface area contributed by atoms with Gasteiger partial charge in [0.2, 0.25) is 0 Å². The van der Waals surface area contributed by atoms with Gasteiger partial charge in [0.15, 0.2) is 0 Å². The maximum Gasteiger partial charge on any atom is 0.122 e. The highest BCUT2D eigenvalue weighted by molar-refractivity contribution is 7.10. The molecule has 2 atom stereocenters. The number of para-hydroxylation sites is 1. The number of thiophene rings is 1. The molecule has 1 N–H and O–H groups in total. The van der Waals surface area contributed by atoms with E-state index in [4.69, 9.17) is 4.74 Å². The van der Waals surface area contributed by atoms with Crippen molar-refractivity contribution < 1.29 is 4.74 Å². The molecule has 0 bridgehead atoms. The van der Waals surface area contributed by atoms with E-state index in [1.807, 2.05) is 11.3 Å². The van der Waals surface area contributed by atoms with Crippen molar-refractivity contribution in [3.63, 3.8) is 0 Å². The van der Waals surface area contributed by atoms with Gasteiger partial charge in [0, 0.05) is 16.8 Å². The van der Waals surface area contributed by atoms with Crippen molar-refractivity contribution in [1.29, 1.82) is 0 Å². The monoisotopic (exact) mass is 301 g/mol. The van der Waals surface area contributed by atoms with Crippen LogP contribution in [0.4, 0.5) is 0 Å². The highest BCUT2D eigenvalue weighted by Gasteiger charge is 2.30. The van der Waals surface area contributed by atoms with Crippen LogP contribution in [0, 0.1) is 6.92 Å². The number of hydrogen-bond acceptors (Lipinski definition) is 3. The summed E-state index contributed by atoms with van der Waals surface area (Å²) in [7, 11) is 0. The Morgan fingerprint density at radius 3 is 2.95 bits per heavy atom. The number of benzene rings is 1. The van der Waals surface area contributed by atoms with Crippen molar-refractivity contribution in [2.24, 2.45) is 0 Å². The number of aryl methyl sites for hydroxylation is 1. The molecule has 2 heterocycles. The standard InChI is InChI=1S/C18H23NOS/c1-3-10-19-18(14-9-12-21-13(14)2)16-8-11-20-17-7-5-4-6-15(16)17/h4-7,9,12,16,18-19H,3,8,10-11H2,1-2H3. The van der Waals surface area contributed by atoms with Gasteiger partial charge >= 0.3 is 0 Å². The van der Waals surface area contributed by atoms with Crippen molar-refractivity contribution >= 4 is 11.3 Å². The average molecular weight is 301 g/mol. The summed E-state index contributed by atoms with van der Waals surface area (Å²) in [6, 6.07) is 11.2. The van der Waals surface area contributed by atoms with Crippen LogP contribution in [0.3, 0.4) is 0 Å². The quantitative estimate of drug-likeness (QED) is 0.867. The molecule has 1 aliphatic rings. The molecule has 3 rings (SSSR count). The minimum atomic E-state index is 0.390. The summed E-state index contributed by atoms with van der Waals surface area (Å²) in [4.78, 5) is 1.42. The topological polar surface area (TPSA) is 21.3 Å². The largest absolute Gasteiger partial charge is 0.493 e. The third kappa shape index (κ3) is 2.99. The van der Waals surface area contributed by atoms with Gasteiger partial charge in [-0.2, -0.15) is 0 Å². The summed E-state index contributed by atoms with van der Waals surface area (Å²) in [5.74, 6) is 1.56. The van der Waals surface area contributed by atoms with Gasteiger partial charge in [-0.3, -0.25) is 0 Å². The number of fused-ring (bicyclic) bond motifs is 1. The van der Waals surface area contributed by atoms with E-state index in [1.165, 1.54) is 16.0 Å². The van der Waals surface area contributed by atoms with Crippen LogP contribution in [-0.2, 0) is 0 Å². The lowest BCUT2D eigenvalue weighted by Gasteiger charge is -2.33.